The van der Waals surface area contributed by atoms with Gasteiger partial charge in [-0.05, 0) is 74.9 Å². The molecule has 0 spiro atoms. The van der Waals surface area contributed by atoms with E-state index in [-0.39, 0.29) is 34.3 Å². The number of nitrogens with zero attached hydrogens (tertiary/aromatic N) is 4. The van der Waals surface area contributed by atoms with Crippen LogP contribution in [0.4, 0.5) is 0 Å². The second-order valence-electron chi connectivity index (χ2n) is 16.0. The number of fused-ring (bicyclic) bond motifs is 1. The molecule has 0 bridgehead atoms. The molecule has 0 unspecified atom stereocenters. The van der Waals surface area contributed by atoms with Crippen LogP contribution in [-0.2, 0) is 20.4 Å². The molecule has 0 amide bonds. The summed E-state index contributed by atoms with van der Waals surface area (Å²) < 4.78 is 6.07. The lowest BCUT2D eigenvalue weighted by atomic mass is 9.73. The molecule has 1 aliphatic rings. The minimum absolute atomic E-state index is 0.134. The van der Waals surface area contributed by atoms with E-state index in [0.717, 1.165) is 36.0 Å². The molecule has 5 rings (SSSR count). The molecule has 1 saturated heterocycles. The van der Waals surface area contributed by atoms with Crippen LogP contribution in [0.5, 0.6) is 5.75 Å². The third-order valence-electron chi connectivity index (χ3n) is 10.3. The zero-order chi connectivity index (χ0) is 35.1. The summed E-state index contributed by atoms with van der Waals surface area (Å²) in [6, 6.07) is 19.7. The average Bonchev–Trinajstić information content (AvgIpc) is 3.44. The average molecular weight is 655 g/mol. The molecule has 258 valence electrons. The molecule has 0 saturated carbocycles. The maximum absolute atomic E-state index is 13.5. The number of unbranched alkanes of at least 4 members (excludes halogenated alkanes) is 2. The van der Waals surface area contributed by atoms with Crippen LogP contribution in [0.2, 0.25) is 0 Å². The van der Waals surface area contributed by atoms with Crippen molar-refractivity contribution in [3.63, 3.8) is 0 Å². The van der Waals surface area contributed by atoms with Crippen molar-refractivity contribution >= 4 is 17.0 Å². The molecule has 2 heterocycles. The van der Waals surface area contributed by atoms with Crippen LogP contribution in [0.25, 0.3) is 16.7 Å². The first kappa shape index (κ1) is 35.6. The Morgan fingerprint density at radius 3 is 2.17 bits per heavy atom. The number of carbonyl (C=O) groups excluding carboxylic acids is 1. The third kappa shape index (κ3) is 7.01. The van der Waals surface area contributed by atoms with E-state index in [4.69, 9.17) is 19.8 Å². The highest BCUT2D eigenvalue weighted by Gasteiger charge is 2.47. The van der Waals surface area contributed by atoms with Gasteiger partial charge >= 0.3 is 5.97 Å². The Labute approximate surface area is 286 Å². The fourth-order valence-corrected chi connectivity index (χ4v) is 7.73. The van der Waals surface area contributed by atoms with E-state index >= 15 is 0 Å². The van der Waals surface area contributed by atoms with E-state index in [1.165, 1.54) is 11.2 Å². The molecule has 1 aromatic heterocycles. The third-order valence-corrected chi connectivity index (χ3v) is 10.3. The van der Waals surface area contributed by atoms with E-state index in [1.54, 1.807) is 25.3 Å². The van der Waals surface area contributed by atoms with Crippen LogP contribution >= 0.6 is 0 Å². The number of hydrogen-bond donors (Lipinski definition) is 1. The van der Waals surface area contributed by atoms with Crippen LogP contribution < -0.4 is 0 Å². The Hall–Kier alpha value is -3.75. The normalized spacial score (nSPS) is 17.1. The summed E-state index contributed by atoms with van der Waals surface area (Å²) in [5, 5.41) is 23.5. The Bertz CT molecular complexity index is 1740. The van der Waals surface area contributed by atoms with Gasteiger partial charge in [0.05, 0.1) is 12.7 Å². The second kappa shape index (κ2) is 13.3. The van der Waals surface area contributed by atoms with Gasteiger partial charge in [0.15, 0.2) is 0 Å². The SMILES string of the molecule is CCCCCC(C)(C)c1cc(-n2nc3ccc(C(=O)OC4CC(C)(C)N(OC)C(C)(C)C4)cc3n2)c(O)c(C(C)(C)c2ccccc2)c1. The molecule has 0 radical (unpaired) electrons. The van der Waals surface area contributed by atoms with Crippen molar-refractivity contribution in [3.05, 3.63) is 82.9 Å². The van der Waals surface area contributed by atoms with Crippen LogP contribution in [0, 0.1) is 0 Å². The Kier molecular flexibility index (Phi) is 9.84. The molecule has 8 heteroatoms. The summed E-state index contributed by atoms with van der Waals surface area (Å²) in [4.78, 5) is 20.7. The van der Waals surface area contributed by atoms with E-state index in [9.17, 15) is 9.90 Å². The summed E-state index contributed by atoms with van der Waals surface area (Å²) >= 11 is 0. The number of phenols is 1. The topological polar surface area (TPSA) is 89.7 Å². The number of hydrogen-bond acceptors (Lipinski definition) is 7. The maximum atomic E-state index is 13.5. The second-order valence-corrected chi connectivity index (χ2v) is 16.0. The monoisotopic (exact) mass is 654 g/mol. The van der Waals surface area contributed by atoms with Gasteiger partial charge < -0.3 is 14.7 Å². The minimum atomic E-state index is -0.484. The quantitative estimate of drug-likeness (QED) is 0.127. The molecule has 1 fully saturated rings. The van der Waals surface area contributed by atoms with E-state index in [0.29, 0.717) is 35.1 Å². The van der Waals surface area contributed by atoms with Gasteiger partial charge in [-0.2, -0.15) is 5.06 Å². The smallest absolute Gasteiger partial charge is 0.338 e. The van der Waals surface area contributed by atoms with E-state index in [2.05, 4.69) is 80.5 Å². The van der Waals surface area contributed by atoms with Gasteiger partial charge in [-0.15, -0.1) is 15.0 Å². The standard InChI is InChI=1S/C40H54N4O4/c1-11-12-16-21-37(2,3)29-23-31(40(8,9)28-17-14-13-15-18-28)35(45)34(24-29)43-41-32-20-19-27(22-33(32)42-43)36(46)48-30-25-38(4,5)44(47-10)39(6,7)26-30/h13-15,17-20,22-24,30,45H,11-12,16,21,25-26H2,1-10H3. The predicted octanol–water partition coefficient (Wildman–Crippen LogP) is 9.05. The molecule has 0 aliphatic carbocycles. The van der Waals surface area contributed by atoms with Crippen molar-refractivity contribution in [2.45, 2.75) is 129 Å². The fourth-order valence-electron chi connectivity index (χ4n) is 7.73. The van der Waals surface area contributed by atoms with Crippen molar-refractivity contribution in [1.82, 2.24) is 20.1 Å². The molecule has 1 N–H and O–H groups in total. The van der Waals surface area contributed by atoms with Crippen LogP contribution in [-0.4, -0.2) is 55.4 Å². The molecule has 48 heavy (non-hydrogen) atoms. The van der Waals surface area contributed by atoms with Gasteiger partial charge in [-0.1, -0.05) is 90.3 Å². The summed E-state index contributed by atoms with van der Waals surface area (Å²) in [6.45, 7) is 19.4. The molecule has 0 atom stereocenters. The minimum Gasteiger partial charge on any atom is -0.505 e. The van der Waals surface area contributed by atoms with Gasteiger partial charge in [0.2, 0.25) is 0 Å². The lowest BCUT2D eigenvalue weighted by Gasteiger charge is -2.52. The highest BCUT2D eigenvalue weighted by atomic mass is 16.7. The number of phenolic OH excluding ortho intramolecular Hbond substituents is 1. The number of carbonyl (C=O) groups is 1. The van der Waals surface area contributed by atoms with Crippen molar-refractivity contribution in [1.29, 1.82) is 0 Å². The Morgan fingerprint density at radius 2 is 1.54 bits per heavy atom. The summed E-state index contributed by atoms with van der Waals surface area (Å²) in [5.74, 6) is -0.246. The van der Waals surface area contributed by atoms with Crippen molar-refractivity contribution in [3.8, 4) is 11.4 Å². The van der Waals surface area contributed by atoms with Gasteiger partial charge in [-0.3, -0.25) is 0 Å². The van der Waals surface area contributed by atoms with Crippen LogP contribution in [0.3, 0.4) is 0 Å². The number of ether oxygens (including phenoxy) is 1. The number of benzene rings is 3. The summed E-state index contributed by atoms with van der Waals surface area (Å²) in [5.41, 5.74) is 3.94. The predicted molar refractivity (Wildman–Crippen MR) is 192 cm³/mol. The Balaban J connectivity index is 1.51. The van der Waals surface area contributed by atoms with Crippen LogP contribution in [0.1, 0.15) is 128 Å². The molecular weight excluding hydrogens is 600 g/mol. The van der Waals surface area contributed by atoms with Crippen molar-refractivity contribution in [2.24, 2.45) is 0 Å². The van der Waals surface area contributed by atoms with Crippen LogP contribution in [0.15, 0.2) is 60.7 Å². The fraction of sp³-hybridized carbons (Fsp3) is 0.525. The van der Waals surface area contributed by atoms with E-state index < -0.39 is 5.41 Å². The number of esters is 1. The number of aromatic hydroxyl groups is 1. The number of aromatic nitrogens is 3. The van der Waals surface area contributed by atoms with Gasteiger partial charge in [0, 0.05) is 34.9 Å². The first-order valence-corrected chi connectivity index (χ1v) is 17.4. The number of rotatable bonds is 11. The first-order valence-electron chi connectivity index (χ1n) is 17.4. The zero-order valence-electron chi connectivity index (χ0n) is 30.6. The largest absolute Gasteiger partial charge is 0.505 e. The number of piperidine rings is 1. The molecule has 1 aliphatic heterocycles. The molecule has 4 aromatic rings. The molecule has 8 nitrogen and oxygen atoms in total. The highest BCUT2D eigenvalue weighted by molar-refractivity contribution is 5.93. The summed E-state index contributed by atoms with van der Waals surface area (Å²) in [7, 11) is 1.69. The van der Waals surface area contributed by atoms with Gasteiger partial charge in [0.1, 0.15) is 28.6 Å². The molecular formula is C40H54N4O4. The van der Waals surface area contributed by atoms with Gasteiger partial charge in [-0.25, -0.2) is 4.79 Å². The Morgan fingerprint density at radius 1 is 0.896 bits per heavy atom. The highest BCUT2D eigenvalue weighted by Crippen LogP contribution is 2.44. The zero-order valence-corrected chi connectivity index (χ0v) is 30.6. The summed E-state index contributed by atoms with van der Waals surface area (Å²) in [6.07, 6.45) is 5.53. The van der Waals surface area contributed by atoms with Crippen molar-refractivity contribution in [2.75, 3.05) is 7.11 Å². The van der Waals surface area contributed by atoms with Crippen molar-refractivity contribution < 1.29 is 19.5 Å². The lowest BCUT2D eigenvalue weighted by Crippen LogP contribution is -2.61. The van der Waals surface area contributed by atoms with E-state index in [1.807, 2.05) is 29.3 Å². The maximum Gasteiger partial charge on any atom is 0.338 e. The first-order chi connectivity index (χ1) is 22.5. The van der Waals surface area contributed by atoms with Gasteiger partial charge in [0.25, 0.3) is 0 Å². The number of hydroxylamine groups is 2. The molecule has 3 aromatic carbocycles. The lowest BCUT2D eigenvalue weighted by molar-refractivity contribution is -0.276.